The molecule has 0 aromatic heterocycles. The quantitative estimate of drug-likeness (QED) is 0.395. The van der Waals surface area contributed by atoms with E-state index in [0.29, 0.717) is 12.1 Å². The Morgan fingerprint density at radius 2 is 1.00 bits per heavy atom. The lowest BCUT2D eigenvalue weighted by Gasteiger charge is -2.30. The van der Waals surface area contributed by atoms with Crippen LogP contribution in [0.15, 0.2) is 0 Å². The van der Waals surface area contributed by atoms with Crippen LogP contribution in [0.25, 0.3) is 0 Å². The molecule has 118 valence electrons. The van der Waals surface area contributed by atoms with Crippen LogP contribution >= 0.6 is 12.4 Å². The average Bonchev–Trinajstić information content (AvgIpc) is 2.30. The molecule has 0 atom stereocenters. The minimum absolute atomic E-state index is 0. The maximum absolute atomic E-state index is 2.61. The fourth-order valence-electron chi connectivity index (χ4n) is 2.72. The Labute approximate surface area is 128 Å². The van der Waals surface area contributed by atoms with Crippen LogP contribution in [0.4, 0.5) is 0 Å². The molecule has 1 nitrogen and oxygen atoms in total. The summed E-state index contributed by atoms with van der Waals surface area (Å²) in [5.74, 6) is 0. The molecule has 0 heterocycles. The summed E-state index contributed by atoms with van der Waals surface area (Å²) in [5, 5.41) is 0. The number of halogens is 1. The van der Waals surface area contributed by atoms with Gasteiger partial charge >= 0.3 is 0 Å². The molecular formula is C17H38ClN. The van der Waals surface area contributed by atoms with Gasteiger partial charge in [-0.25, -0.2) is 0 Å². The maximum Gasteiger partial charge on any atom is 0.00412 e. The smallest absolute Gasteiger partial charge is 0.00412 e. The van der Waals surface area contributed by atoms with Gasteiger partial charge in [-0.15, -0.1) is 12.4 Å². The van der Waals surface area contributed by atoms with E-state index in [4.69, 9.17) is 0 Å². The van der Waals surface area contributed by atoms with Crippen molar-refractivity contribution in [3.05, 3.63) is 0 Å². The normalized spacial score (nSPS) is 11.4. The predicted octanol–water partition coefficient (Wildman–Crippen LogP) is 6.06. The van der Waals surface area contributed by atoms with Gasteiger partial charge in [0.25, 0.3) is 0 Å². The Balaban J connectivity index is 0. The first kappa shape index (κ1) is 21.5. The van der Waals surface area contributed by atoms with Crippen molar-refractivity contribution >= 4 is 12.4 Å². The van der Waals surface area contributed by atoms with Crippen molar-refractivity contribution in [1.82, 2.24) is 4.90 Å². The molecule has 2 heteroatoms. The van der Waals surface area contributed by atoms with Gasteiger partial charge in [0.05, 0.1) is 0 Å². The van der Waals surface area contributed by atoms with Gasteiger partial charge in [0.2, 0.25) is 0 Å². The minimum Gasteiger partial charge on any atom is -0.299 e. The summed E-state index contributed by atoms with van der Waals surface area (Å²) >= 11 is 0. The fourth-order valence-corrected chi connectivity index (χ4v) is 2.72. The van der Waals surface area contributed by atoms with Gasteiger partial charge in [-0.2, -0.15) is 0 Å². The third-order valence-electron chi connectivity index (χ3n) is 3.85. The van der Waals surface area contributed by atoms with E-state index in [-0.39, 0.29) is 12.4 Å². The zero-order valence-electron chi connectivity index (χ0n) is 14.1. The molecular weight excluding hydrogens is 254 g/mol. The summed E-state index contributed by atoms with van der Waals surface area (Å²) in [5.41, 5.74) is 0. The Kier molecular flexibility index (Phi) is 16.6. The highest BCUT2D eigenvalue weighted by molar-refractivity contribution is 5.85. The summed E-state index contributed by atoms with van der Waals surface area (Å²) in [7, 11) is 0. The Bertz CT molecular complexity index is 161. The third-order valence-corrected chi connectivity index (χ3v) is 3.85. The summed E-state index contributed by atoms with van der Waals surface area (Å²) in [6.07, 6.45) is 12.8. The van der Waals surface area contributed by atoms with Crippen LogP contribution in [0.1, 0.15) is 92.4 Å². The summed E-state index contributed by atoms with van der Waals surface area (Å²) < 4.78 is 0. The number of unbranched alkanes of at least 4 members (excludes halogenated alkanes) is 8. The van der Waals surface area contributed by atoms with Gasteiger partial charge < -0.3 is 0 Å². The van der Waals surface area contributed by atoms with Gasteiger partial charge in [-0.05, 0) is 40.7 Å². The number of hydrogen-bond acceptors (Lipinski definition) is 1. The lowest BCUT2D eigenvalue weighted by Crippen LogP contribution is -2.37. The van der Waals surface area contributed by atoms with Crippen LogP contribution in [0, 0.1) is 0 Å². The topological polar surface area (TPSA) is 3.24 Å². The first-order chi connectivity index (χ1) is 8.59. The Hall–Kier alpha value is 0.250. The van der Waals surface area contributed by atoms with Crippen LogP contribution in [0.5, 0.6) is 0 Å². The van der Waals surface area contributed by atoms with E-state index < -0.39 is 0 Å². The van der Waals surface area contributed by atoms with Crippen molar-refractivity contribution in [2.75, 3.05) is 6.54 Å². The largest absolute Gasteiger partial charge is 0.299 e. The van der Waals surface area contributed by atoms with Gasteiger partial charge in [0.15, 0.2) is 0 Å². The Morgan fingerprint density at radius 1 is 0.632 bits per heavy atom. The highest BCUT2D eigenvalue weighted by Crippen LogP contribution is 2.11. The number of rotatable bonds is 12. The van der Waals surface area contributed by atoms with E-state index in [9.17, 15) is 0 Å². The summed E-state index contributed by atoms with van der Waals surface area (Å²) in [6, 6.07) is 1.39. The van der Waals surface area contributed by atoms with Crippen LogP contribution in [-0.4, -0.2) is 23.5 Å². The van der Waals surface area contributed by atoms with E-state index in [1.807, 2.05) is 0 Å². The molecule has 0 unspecified atom stereocenters. The van der Waals surface area contributed by atoms with Crippen molar-refractivity contribution < 1.29 is 0 Å². The molecule has 0 N–H and O–H groups in total. The molecule has 0 aromatic rings. The summed E-state index contributed by atoms with van der Waals surface area (Å²) in [4.78, 5) is 2.61. The molecule has 0 spiro atoms. The Morgan fingerprint density at radius 3 is 1.37 bits per heavy atom. The van der Waals surface area contributed by atoms with Crippen LogP contribution in [0.2, 0.25) is 0 Å². The van der Waals surface area contributed by atoms with E-state index >= 15 is 0 Å². The van der Waals surface area contributed by atoms with Crippen LogP contribution < -0.4 is 0 Å². The second-order valence-electron chi connectivity index (χ2n) is 6.25. The molecule has 19 heavy (non-hydrogen) atoms. The van der Waals surface area contributed by atoms with Gasteiger partial charge in [-0.1, -0.05) is 58.3 Å². The van der Waals surface area contributed by atoms with Crippen LogP contribution in [0.3, 0.4) is 0 Å². The highest BCUT2D eigenvalue weighted by Gasteiger charge is 2.11. The maximum atomic E-state index is 2.61. The van der Waals surface area contributed by atoms with E-state index in [1.165, 1.54) is 64.3 Å². The first-order valence-corrected chi connectivity index (χ1v) is 8.35. The molecule has 0 rings (SSSR count). The first-order valence-electron chi connectivity index (χ1n) is 8.35. The van der Waals surface area contributed by atoms with Crippen molar-refractivity contribution in [3.8, 4) is 0 Å². The zero-order chi connectivity index (χ0) is 13.8. The SMILES string of the molecule is CCCCCCCCCCCN(C(C)C)C(C)C.Cl. The van der Waals surface area contributed by atoms with Crippen molar-refractivity contribution in [1.29, 1.82) is 0 Å². The summed E-state index contributed by atoms with van der Waals surface area (Å²) in [6.45, 7) is 12.8. The standard InChI is InChI=1S/C17H37N.ClH/c1-6-7-8-9-10-11-12-13-14-15-18(16(2)3)17(4)5;/h16-17H,6-15H2,1-5H3;1H. The monoisotopic (exact) mass is 291 g/mol. The third kappa shape index (κ3) is 13.0. The molecule has 0 bridgehead atoms. The van der Waals surface area contributed by atoms with Gasteiger partial charge in [-0.3, -0.25) is 4.90 Å². The average molecular weight is 292 g/mol. The number of nitrogens with zero attached hydrogens (tertiary/aromatic N) is 1. The van der Waals surface area contributed by atoms with E-state index in [2.05, 4.69) is 39.5 Å². The van der Waals surface area contributed by atoms with Crippen molar-refractivity contribution in [3.63, 3.8) is 0 Å². The molecule has 0 saturated carbocycles. The van der Waals surface area contributed by atoms with E-state index in [0.717, 1.165) is 0 Å². The second-order valence-corrected chi connectivity index (χ2v) is 6.25. The molecule has 0 amide bonds. The molecule has 0 saturated heterocycles. The highest BCUT2D eigenvalue weighted by atomic mass is 35.5. The molecule has 0 aliphatic rings. The lowest BCUT2D eigenvalue weighted by atomic mass is 10.1. The lowest BCUT2D eigenvalue weighted by molar-refractivity contribution is 0.171. The molecule has 0 aromatic carbocycles. The molecule has 0 radical (unpaired) electrons. The fraction of sp³-hybridized carbons (Fsp3) is 1.00. The van der Waals surface area contributed by atoms with Crippen molar-refractivity contribution in [2.45, 2.75) is 104 Å². The number of hydrogen-bond donors (Lipinski definition) is 0. The second kappa shape index (κ2) is 14.7. The van der Waals surface area contributed by atoms with Gasteiger partial charge in [0, 0.05) is 12.1 Å². The molecule has 0 aliphatic heterocycles. The zero-order valence-corrected chi connectivity index (χ0v) is 14.9. The van der Waals surface area contributed by atoms with Gasteiger partial charge in [0.1, 0.15) is 0 Å². The molecule has 0 fully saturated rings. The van der Waals surface area contributed by atoms with Crippen molar-refractivity contribution in [2.24, 2.45) is 0 Å². The molecule has 0 aliphatic carbocycles. The minimum atomic E-state index is 0. The predicted molar refractivity (Wildman–Crippen MR) is 91.5 cm³/mol. The van der Waals surface area contributed by atoms with Crippen LogP contribution in [-0.2, 0) is 0 Å². The van der Waals surface area contributed by atoms with E-state index in [1.54, 1.807) is 0 Å².